The van der Waals surface area contributed by atoms with Crippen molar-refractivity contribution < 1.29 is 9.53 Å². The van der Waals surface area contributed by atoms with E-state index in [-0.39, 0.29) is 18.2 Å². The molecule has 0 radical (unpaired) electrons. The van der Waals surface area contributed by atoms with E-state index < -0.39 is 0 Å². The first-order valence-electron chi connectivity index (χ1n) is 5.68. The van der Waals surface area contributed by atoms with Crippen LogP contribution >= 0.6 is 0 Å². The van der Waals surface area contributed by atoms with Crippen molar-refractivity contribution in [3.63, 3.8) is 0 Å². The van der Waals surface area contributed by atoms with Crippen molar-refractivity contribution in [3.05, 3.63) is 35.9 Å². The minimum atomic E-state index is -0.280. The molecule has 0 aromatic heterocycles. The molecule has 3 heteroatoms. The van der Waals surface area contributed by atoms with Crippen LogP contribution < -0.4 is 5.32 Å². The molecule has 16 heavy (non-hydrogen) atoms. The Morgan fingerprint density at radius 1 is 1.31 bits per heavy atom. The monoisotopic (exact) mass is 219 g/mol. The second-order valence-electron chi connectivity index (χ2n) is 4.58. The van der Waals surface area contributed by atoms with E-state index in [1.165, 1.54) is 0 Å². The van der Waals surface area contributed by atoms with Crippen molar-refractivity contribution in [1.29, 1.82) is 0 Å². The number of hydrogen-bond acceptors (Lipinski definition) is 3. The van der Waals surface area contributed by atoms with Gasteiger partial charge in [0.2, 0.25) is 0 Å². The Morgan fingerprint density at radius 3 is 2.62 bits per heavy atom. The third kappa shape index (κ3) is 2.42. The molecule has 86 valence electrons. The topological polar surface area (TPSA) is 38.3 Å². The predicted molar refractivity (Wildman–Crippen MR) is 61.7 cm³/mol. The van der Waals surface area contributed by atoms with Crippen molar-refractivity contribution >= 4 is 5.97 Å². The van der Waals surface area contributed by atoms with Crippen LogP contribution in [0.15, 0.2) is 30.3 Å². The molecule has 1 aromatic carbocycles. The number of carbonyl (C=O) groups excluding carboxylic acids is 1. The van der Waals surface area contributed by atoms with Gasteiger partial charge in [0.25, 0.3) is 0 Å². The third-order valence-corrected chi connectivity index (χ3v) is 2.68. The second kappa shape index (κ2) is 4.66. The number of ether oxygens (including phenoxy) is 1. The molecule has 0 aliphatic carbocycles. The maximum Gasteiger partial charge on any atom is 0.325 e. The zero-order chi connectivity index (χ0) is 11.5. The summed E-state index contributed by atoms with van der Waals surface area (Å²) >= 11 is 0. The quantitative estimate of drug-likeness (QED) is 0.792. The third-order valence-electron chi connectivity index (χ3n) is 2.68. The highest BCUT2D eigenvalue weighted by atomic mass is 16.6. The molecular weight excluding hydrogens is 202 g/mol. The van der Waals surface area contributed by atoms with Gasteiger partial charge in [0.15, 0.2) is 6.23 Å². The van der Waals surface area contributed by atoms with Gasteiger partial charge >= 0.3 is 5.97 Å². The number of nitrogens with one attached hydrogen (secondary N) is 1. The van der Waals surface area contributed by atoms with Crippen molar-refractivity contribution in [2.24, 2.45) is 5.92 Å². The van der Waals surface area contributed by atoms with Crippen LogP contribution in [0.25, 0.3) is 0 Å². The lowest BCUT2D eigenvalue weighted by molar-refractivity contribution is -0.142. The van der Waals surface area contributed by atoms with Gasteiger partial charge in [0.1, 0.15) is 6.04 Å². The molecule has 2 rings (SSSR count). The second-order valence-corrected chi connectivity index (χ2v) is 4.58. The fourth-order valence-corrected chi connectivity index (χ4v) is 1.91. The number of rotatable bonds is 3. The van der Waals surface area contributed by atoms with E-state index in [9.17, 15) is 4.79 Å². The first kappa shape index (κ1) is 11.1. The summed E-state index contributed by atoms with van der Waals surface area (Å²) < 4.78 is 5.31. The lowest BCUT2D eigenvalue weighted by atomic mass is 10.0. The summed E-state index contributed by atoms with van der Waals surface area (Å²) in [5.74, 6) is 0.349. The number of benzene rings is 1. The van der Waals surface area contributed by atoms with E-state index in [4.69, 9.17) is 4.74 Å². The Labute approximate surface area is 95.8 Å². The zero-order valence-electron chi connectivity index (χ0n) is 9.64. The van der Waals surface area contributed by atoms with Crippen molar-refractivity contribution in [2.75, 3.05) is 0 Å². The van der Waals surface area contributed by atoms with Crippen LogP contribution in [0.4, 0.5) is 0 Å². The lowest BCUT2D eigenvalue weighted by Gasteiger charge is -2.11. The molecule has 1 saturated heterocycles. The highest BCUT2D eigenvalue weighted by molar-refractivity contribution is 5.78. The average Bonchev–Trinajstić information content (AvgIpc) is 2.61. The Kier molecular flexibility index (Phi) is 3.25. The van der Waals surface area contributed by atoms with Gasteiger partial charge in [-0.1, -0.05) is 44.2 Å². The maximum atomic E-state index is 11.6. The van der Waals surface area contributed by atoms with Crippen LogP contribution in [0.3, 0.4) is 0 Å². The van der Waals surface area contributed by atoms with Crippen LogP contribution in [0.1, 0.15) is 32.1 Å². The summed E-state index contributed by atoms with van der Waals surface area (Å²) in [6, 6.07) is 9.60. The first-order valence-corrected chi connectivity index (χ1v) is 5.68. The normalized spacial score (nSPS) is 24.8. The predicted octanol–water partition coefficient (Wildman–Crippen LogP) is 2.25. The van der Waals surface area contributed by atoms with Crippen molar-refractivity contribution in [3.8, 4) is 0 Å². The van der Waals surface area contributed by atoms with Gasteiger partial charge in [0, 0.05) is 5.56 Å². The van der Waals surface area contributed by atoms with Gasteiger partial charge in [0.05, 0.1) is 0 Å². The summed E-state index contributed by atoms with van der Waals surface area (Å²) in [4.78, 5) is 11.6. The molecule has 1 N–H and O–H groups in total. The molecule has 1 aromatic rings. The number of esters is 1. The van der Waals surface area contributed by atoms with Crippen LogP contribution in [-0.4, -0.2) is 12.0 Å². The van der Waals surface area contributed by atoms with Crippen LogP contribution in [0.5, 0.6) is 0 Å². The molecule has 0 saturated carbocycles. The number of hydrogen-bond donors (Lipinski definition) is 1. The van der Waals surface area contributed by atoms with E-state index in [1.54, 1.807) is 0 Å². The molecule has 0 amide bonds. The molecular formula is C13H17NO2. The highest BCUT2D eigenvalue weighted by Gasteiger charge is 2.34. The molecule has 0 spiro atoms. The summed E-state index contributed by atoms with van der Waals surface area (Å²) in [5, 5.41) is 3.22. The minimum Gasteiger partial charge on any atom is -0.441 e. The molecule has 1 fully saturated rings. The van der Waals surface area contributed by atoms with Crippen LogP contribution in [0, 0.1) is 5.92 Å². The maximum absolute atomic E-state index is 11.6. The van der Waals surface area contributed by atoms with E-state index in [0.29, 0.717) is 5.92 Å². The van der Waals surface area contributed by atoms with E-state index in [0.717, 1.165) is 12.0 Å². The standard InChI is InChI=1S/C13H17NO2/c1-9(2)8-11-13(15)16-12(14-11)10-6-4-3-5-7-10/h3-7,9,11-12,14H,8H2,1-2H3. The van der Waals surface area contributed by atoms with Gasteiger partial charge in [-0.2, -0.15) is 0 Å². The lowest BCUT2D eigenvalue weighted by Crippen LogP contribution is -2.29. The van der Waals surface area contributed by atoms with Crippen molar-refractivity contribution in [2.45, 2.75) is 32.5 Å². The fraction of sp³-hybridized carbons (Fsp3) is 0.462. The van der Waals surface area contributed by atoms with Gasteiger partial charge in [-0.15, -0.1) is 0 Å². The smallest absolute Gasteiger partial charge is 0.325 e. The van der Waals surface area contributed by atoms with E-state index >= 15 is 0 Å². The minimum absolute atomic E-state index is 0.137. The Balaban J connectivity index is 2.04. The molecule has 1 heterocycles. The van der Waals surface area contributed by atoms with Gasteiger partial charge in [-0.3, -0.25) is 10.1 Å². The highest BCUT2D eigenvalue weighted by Crippen LogP contribution is 2.23. The van der Waals surface area contributed by atoms with E-state index in [2.05, 4.69) is 19.2 Å². The van der Waals surface area contributed by atoms with Gasteiger partial charge in [-0.05, 0) is 12.3 Å². The summed E-state index contributed by atoms with van der Waals surface area (Å²) in [5.41, 5.74) is 1.00. The molecule has 1 aliphatic rings. The Hall–Kier alpha value is -1.35. The Bertz CT molecular complexity index is 361. The van der Waals surface area contributed by atoms with Crippen molar-refractivity contribution in [1.82, 2.24) is 5.32 Å². The zero-order valence-corrected chi connectivity index (χ0v) is 9.64. The summed E-state index contributed by atoms with van der Waals surface area (Å²) in [6.07, 6.45) is 0.541. The Morgan fingerprint density at radius 2 is 2.00 bits per heavy atom. The average molecular weight is 219 g/mol. The molecule has 1 aliphatic heterocycles. The molecule has 2 atom stereocenters. The first-order chi connectivity index (χ1) is 7.66. The van der Waals surface area contributed by atoms with Gasteiger partial charge < -0.3 is 4.74 Å². The molecule has 0 bridgehead atoms. The summed E-state index contributed by atoms with van der Waals surface area (Å²) in [6.45, 7) is 4.20. The SMILES string of the molecule is CC(C)CC1NC(c2ccccc2)OC1=O. The largest absolute Gasteiger partial charge is 0.441 e. The molecule has 3 nitrogen and oxygen atoms in total. The number of carbonyl (C=O) groups is 1. The van der Waals surface area contributed by atoms with E-state index in [1.807, 2.05) is 30.3 Å². The number of cyclic esters (lactones) is 1. The fourth-order valence-electron chi connectivity index (χ4n) is 1.91. The van der Waals surface area contributed by atoms with Crippen LogP contribution in [0.2, 0.25) is 0 Å². The van der Waals surface area contributed by atoms with Gasteiger partial charge in [-0.25, -0.2) is 0 Å². The summed E-state index contributed by atoms with van der Waals surface area (Å²) in [7, 11) is 0. The molecule has 2 unspecified atom stereocenters. The van der Waals surface area contributed by atoms with Crippen LogP contribution in [-0.2, 0) is 9.53 Å².